The summed E-state index contributed by atoms with van der Waals surface area (Å²) in [4.78, 5) is 17.2. The van der Waals surface area contributed by atoms with Crippen LogP contribution < -0.4 is 0 Å². The van der Waals surface area contributed by atoms with Crippen molar-refractivity contribution in [3.63, 3.8) is 0 Å². The number of hydrogen-bond acceptors (Lipinski definition) is 3. The number of amides is 1. The minimum Gasteiger partial charge on any atom is -0.380 e. The molecule has 1 aromatic rings. The second-order valence-electron chi connectivity index (χ2n) is 8.42. The molecule has 2 heterocycles. The van der Waals surface area contributed by atoms with Gasteiger partial charge in [0.1, 0.15) is 0 Å². The molecule has 2 aliphatic heterocycles. The SMILES string of the molecule is CC1=CC(C(F)(F)F)=CCC=C1N1CCN(C(=O)C2COCC2c2ccc(Cl)cc2)CC1. The van der Waals surface area contributed by atoms with E-state index < -0.39 is 11.7 Å². The van der Waals surface area contributed by atoms with E-state index in [1.807, 2.05) is 35.2 Å². The number of alkyl halides is 3. The number of carbonyl (C=O) groups is 1. The quantitative estimate of drug-likeness (QED) is 0.632. The Morgan fingerprint density at radius 3 is 2.41 bits per heavy atom. The van der Waals surface area contributed by atoms with Crippen molar-refractivity contribution in [3.05, 3.63) is 69.9 Å². The lowest BCUT2D eigenvalue weighted by Gasteiger charge is -2.39. The van der Waals surface area contributed by atoms with Crippen LogP contribution in [0.15, 0.2) is 59.3 Å². The lowest BCUT2D eigenvalue weighted by molar-refractivity contribution is -0.137. The van der Waals surface area contributed by atoms with Crippen LogP contribution in [0, 0.1) is 5.92 Å². The predicted molar refractivity (Wildman–Crippen MR) is 117 cm³/mol. The van der Waals surface area contributed by atoms with E-state index >= 15 is 0 Å². The van der Waals surface area contributed by atoms with Crippen LogP contribution in [0.25, 0.3) is 0 Å². The summed E-state index contributed by atoms with van der Waals surface area (Å²) in [5.41, 5.74) is 1.85. The highest BCUT2D eigenvalue weighted by atomic mass is 35.5. The van der Waals surface area contributed by atoms with E-state index in [0.29, 0.717) is 50.0 Å². The summed E-state index contributed by atoms with van der Waals surface area (Å²) in [5.74, 6) is -0.162. The number of allylic oxidation sites excluding steroid dienone is 5. The molecule has 2 fully saturated rings. The second-order valence-corrected chi connectivity index (χ2v) is 8.86. The van der Waals surface area contributed by atoms with E-state index in [-0.39, 0.29) is 24.2 Å². The van der Waals surface area contributed by atoms with Crippen molar-refractivity contribution < 1.29 is 22.7 Å². The van der Waals surface area contributed by atoms with E-state index in [0.717, 1.165) is 11.3 Å². The van der Waals surface area contributed by atoms with Crippen LogP contribution >= 0.6 is 11.6 Å². The minimum atomic E-state index is -4.35. The Bertz CT molecular complexity index is 945. The van der Waals surface area contributed by atoms with Gasteiger partial charge in [0.15, 0.2) is 0 Å². The van der Waals surface area contributed by atoms with Crippen LogP contribution in [0.4, 0.5) is 13.2 Å². The van der Waals surface area contributed by atoms with E-state index in [1.54, 1.807) is 6.92 Å². The van der Waals surface area contributed by atoms with Gasteiger partial charge in [0.25, 0.3) is 0 Å². The third kappa shape index (κ3) is 4.89. The molecular formula is C24H26ClF3N2O2. The third-order valence-corrected chi connectivity index (χ3v) is 6.63. The molecule has 0 saturated carbocycles. The molecule has 0 radical (unpaired) electrons. The zero-order valence-corrected chi connectivity index (χ0v) is 18.6. The topological polar surface area (TPSA) is 32.8 Å². The van der Waals surface area contributed by atoms with Gasteiger partial charge in [0.2, 0.25) is 5.91 Å². The molecule has 2 unspecified atom stereocenters. The van der Waals surface area contributed by atoms with Gasteiger partial charge in [-0.1, -0.05) is 35.9 Å². The third-order valence-electron chi connectivity index (χ3n) is 6.38. The molecule has 2 atom stereocenters. The van der Waals surface area contributed by atoms with Crippen LogP contribution in [-0.4, -0.2) is 61.3 Å². The number of nitrogens with zero attached hydrogens (tertiary/aromatic N) is 2. The lowest BCUT2D eigenvalue weighted by Crippen LogP contribution is -2.50. The van der Waals surface area contributed by atoms with Gasteiger partial charge in [0, 0.05) is 42.8 Å². The first-order chi connectivity index (χ1) is 15.2. The number of piperazine rings is 1. The van der Waals surface area contributed by atoms with Crippen LogP contribution in [-0.2, 0) is 9.53 Å². The molecule has 2 saturated heterocycles. The summed E-state index contributed by atoms with van der Waals surface area (Å²) in [5, 5.41) is 0.654. The zero-order valence-electron chi connectivity index (χ0n) is 17.9. The van der Waals surface area contributed by atoms with Gasteiger partial charge < -0.3 is 14.5 Å². The van der Waals surface area contributed by atoms with Gasteiger partial charge in [-0.05, 0) is 42.7 Å². The summed E-state index contributed by atoms with van der Waals surface area (Å²) in [6, 6.07) is 7.53. The van der Waals surface area contributed by atoms with Gasteiger partial charge in [-0.2, -0.15) is 13.2 Å². The van der Waals surface area contributed by atoms with Crippen molar-refractivity contribution >= 4 is 17.5 Å². The molecule has 1 aliphatic carbocycles. The standard InChI is InChI=1S/C24H26ClF3N2O2/c1-16-13-18(24(26,27)28)3-2-4-22(16)29-9-11-30(12-10-29)23(31)21-15-32-14-20(21)17-5-7-19(25)8-6-17/h3-8,13,20-21H,2,9-12,14-15H2,1H3. The summed E-state index contributed by atoms with van der Waals surface area (Å²) in [7, 11) is 0. The van der Waals surface area contributed by atoms with Gasteiger partial charge in [-0.25, -0.2) is 0 Å². The van der Waals surface area contributed by atoms with Crippen molar-refractivity contribution in [1.29, 1.82) is 0 Å². The first kappa shape index (κ1) is 22.9. The Morgan fingerprint density at radius 2 is 1.75 bits per heavy atom. The molecule has 4 nitrogen and oxygen atoms in total. The molecule has 0 aromatic heterocycles. The number of carbonyl (C=O) groups excluding carboxylic acids is 1. The molecule has 1 amide bonds. The molecule has 4 rings (SSSR count). The van der Waals surface area contributed by atoms with Gasteiger partial charge >= 0.3 is 6.18 Å². The Morgan fingerprint density at radius 1 is 1.06 bits per heavy atom. The number of halogens is 4. The Labute approximate surface area is 191 Å². The Balaban J connectivity index is 1.39. The fraction of sp³-hybridized carbons (Fsp3) is 0.458. The number of hydrogen-bond donors (Lipinski definition) is 0. The van der Waals surface area contributed by atoms with Crippen LogP contribution in [0.5, 0.6) is 0 Å². The van der Waals surface area contributed by atoms with E-state index in [2.05, 4.69) is 4.90 Å². The van der Waals surface area contributed by atoms with Crippen molar-refractivity contribution in [1.82, 2.24) is 9.80 Å². The van der Waals surface area contributed by atoms with E-state index in [1.165, 1.54) is 12.2 Å². The maximum Gasteiger partial charge on any atom is 0.416 e. The zero-order chi connectivity index (χ0) is 22.9. The van der Waals surface area contributed by atoms with Crippen molar-refractivity contribution in [2.45, 2.75) is 25.4 Å². The number of ether oxygens (including phenoxy) is 1. The molecule has 0 spiro atoms. The van der Waals surface area contributed by atoms with Gasteiger partial charge in [0.05, 0.1) is 24.7 Å². The molecule has 1 aromatic carbocycles. The fourth-order valence-electron chi connectivity index (χ4n) is 4.64. The summed E-state index contributed by atoms with van der Waals surface area (Å²) < 4.78 is 45.0. The largest absolute Gasteiger partial charge is 0.416 e. The molecule has 3 aliphatic rings. The maximum absolute atomic E-state index is 13.2. The van der Waals surface area contributed by atoms with Crippen LogP contribution in [0.3, 0.4) is 0 Å². The average Bonchev–Trinajstić information content (AvgIpc) is 3.16. The smallest absolute Gasteiger partial charge is 0.380 e. The number of benzene rings is 1. The van der Waals surface area contributed by atoms with Crippen molar-refractivity contribution in [3.8, 4) is 0 Å². The Hall–Kier alpha value is -2.25. The van der Waals surface area contributed by atoms with Crippen LogP contribution in [0.1, 0.15) is 24.8 Å². The molecule has 8 heteroatoms. The Kier molecular flexibility index (Phi) is 6.67. The van der Waals surface area contributed by atoms with Crippen molar-refractivity contribution in [2.75, 3.05) is 39.4 Å². The fourth-order valence-corrected chi connectivity index (χ4v) is 4.77. The molecule has 0 bridgehead atoms. The molecular weight excluding hydrogens is 441 g/mol. The minimum absolute atomic E-state index is 0.000553. The normalized spacial score (nSPS) is 24.6. The maximum atomic E-state index is 13.2. The van der Waals surface area contributed by atoms with Gasteiger partial charge in [-0.15, -0.1) is 0 Å². The highest BCUT2D eigenvalue weighted by Crippen LogP contribution is 2.34. The second kappa shape index (κ2) is 9.32. The summed E-state index contributed by atoms with van der Waals surface area (Å²) >= 11 is 5.99. The predicted octanol–water partition coefficient (Wildman–Crippen LogP) is 4.94. The molecule has 0 N–H and O–H groups in total. The molecule has 172 valence electrons. The first-order valence-electron chi connectivity index (χ1n) is 10.8. The van der Waals surface area contributed by atoms with Gasteiger partial charge in [-0.3, -0.25) is 4.79 Å². The lowest BCUT2D eigenvalue weighted by atomic mass is 9.88. The monoisotopic (exact) mass is 466 g/mol. The summed E-state index contributed by atoms with van der Waals surface area (Å²) in [6.07, 6.45) is 0.151. The van der Waals surface area contributed by atoms with Crippen LogP contribution in [0.2, 0.25) is 5.02 Å². The summed E-state index contributed by atoms with van der Waals surface area (Å²) in [6.45, 7) is 4.85. The van der Waals surface area contributed by atoms with E-state index in [4.69, 9.17) is 16.3 Å². The number of rotatable bonds is 3. The first-order valence-corrected chi connectivity index (χ1v) is 11.1. The van der Waals surface area contributed by atoms with E-state index in [9.17, 15) is 18.0 Å². The molecule has 32 heavy (non-hydrogen) atoms. The van der Waals surface area contributed by atoms with Crippen molar-refractivity contribution in [2.24, 2.45) is 5.92 Å². The highest BCUT2D eigenvalue weighted by molar-refractivity contribution is 6.30. The highest BCUT2D eigenvalue weighted by Gasteiger charge is 2.38. The average molecular weight is 467 g/mol.